The molecular formula is C27H32O3. The van der Waals surface area contributed by atoms with E-state index in [1.807, 2.05) is 48.6 Å². The minimum absolute atomic E-state index is 0.144. The van der Waals surface area contributed by atoms with Gasteiger partial charge in [0.15, 0.2) is 0 Å². The number of carboxylic acids is 1. The molecule has 158 valence electrons. The fourth-order valence-electron chi connectivity index (χ4n) is 4.52. The molecule has 1 unspecified atom stereocenters. The summed E-state index contributed by atoms with van der Waals surface area (Å²) >= 11 is 0. The third kappa shape index (κ3) is 5.52. The Morgan fingerprint density at radius 3 is 2.57 bits per heavy atom. The first-order valence-corrected chi connectivity index (χ1v) is 11.0. The van der Waals surface area contributed by atoms with Gasteiger partial charge in [-0.1, -0.05) is 79.7 Å². The summed E-state index contributed by atoms with van der Waals surface area (Å²) in [6.07, 6.45) is 16.4. The molecule has 2 aliphatic rings. The molecule has 0 heterocycles. The second kappa shape index (κ2) is 9.96. The van der Waals surface area contributed by atoms with Gasteiger partial charge in [-0.15, -0.1) is 0 Å². The third-order valence-electron chi connectivity index (χ3n) is 6.72. The van der Waals surface area contributed by atoms with Gasteiger partial charge in [-0.25, -0.2) is 4.79 Å². The van der Waals surface area contributed by atoms with Gasteiger partial charge < -0.3 is 10.2 Å². The minimum atomic E-state index is -0.874. The molecule has 2 atom stereocenters. The number of allylic oxidation sites excluding steroid dienone is 4. The first kappa shape index (κ1) is 22.1. The molecule has 0 amide bonds. The zero-order chi connectivity index (χ0) is 21.5. The van der Waals surface area contributed by atoms with E-state index in [2.05, 4.69) is 24.8 Å². The van der Waals surface area contributed by atoms with Crippen LogP contribution in [0.25, 0.3) is 0 Å². The third-order valence-corrected chi connectivity index (χ3v) is 6.72. The van der Waals surface area contributed by atoms with E-state index in [0.29, 0.717) is 6.42 Å². The topological polar surface area (TPSA) is 57.5 Å². The van der Waals surface area contributed by atoms with E-state index >= 15 is 0 Å². The summed E-state index contributed by atoms with van der Waals surface area (Å²) < 4.78 is 0. The van der Waals surface area contributed by atoms with Crippen molar-refractivity contribution in [3.8, 4) is 11.8 Å². The number of benzene rings is 1. The summed E-state index contributed by atoms with van der Waals surface area (Å²) in [4.78, 5) is 11.1. The van der Waals surface area contributed by atoms with Crippen LogP contribution in [0.15, 0.2) is 66.3 Å². The van der Waals surface area contributed by atoms with E-state index in [-0.39, 0.29) is 10.8 Å². The SMILES string of the molecule is C[C@@]1(/C=C/C=C/C(O)C2(CC#Cc3ccccc3)CCC2)CCCC/C1=C\C(=O)O. The van der Waals surface area contributed by atoms with Crippen molar-refractivity contribution in [2.45, 2.75) is 64.4 Å². The van der Waals surface area contributed by atoms with Crippen LogP contribution in [0.2, 0.25) is 0 Å². The van der Waals surface area contributed by atoms with E-state index in [1.165, 1.54) is 6.08 Å². The Balaban J connectivity index is 1.63. The molecule has 2 aliphatic carbocycles. The van der Waals surface area contributed by atoms with Gasteiger partial charge in [0.1, 0.15) is 0 Å². The quantitative estimate of drug-likeness (QED) is 0.365. The average molecular weight is 405 g/mol. The van der Waals surface area contributed by atoms with Crippen LogP contribution in [-0.4, -0.2) is 22.3 Å². The molecule has 1 aromatic rings. The van der Waals surface area contributed by atoms with Crippen molar-refractivity contribution >= 4 is 5.97 Å². The van der Waals surface area contributed by atoms with E-state index in [9.17, 15) is 9.90 Å². The molecule has 0 spiro atoms. The molecule has 2 fully saturated rings. The van der Waals surface area contributed by atoms with E-state index < -0.39 is 12.1 Å². The summed E-state index contributed by atoms with van der Waals surface area (Å²) in [5.41, 5.74) is 1.63. The van der Waals surface area contributed by atoms with Gasteiger partial charge in [0.25, 0.3) is 0 Å². The molecule has 30 heavy (non-hydrogen) atoms. The summed E-state index contributed by atoms with van der Waals surface area (Å²) in [6, 6.07) is 9.95. The Morgan fingerprint density at radius 2 is 1.90 bits per heavy atom. The fourth-order valence-corrected chi connectivity index (χ4v) is 4.52. The van der Waals surface area contributed by atoms with Crippen LogP contribution in [0.1, 0.15) is 63.9 Å². The van der Waals surface area contributed by atoms with E-state index in [1.54, 1.807) is 0 Å². The zero-order valence-electron chi connectivity index (χ0n) is 17.8. The monoisotopic (exact) mass is 404 g/mol. The van der Waals surface area contributed by atoms with Crippen LogP contribution in [-0.2, 0) is 4.79 Å². The average Bonchev–Trinajstić information content (AvgIpc) is 2.69. The molecule has 3 rings (SSSR count). The largest absolute Gasteiger partial charge is 0.478 e. The first-order valence-electron chi connectivity index (χ1n) is 11.0. The lowest BCUT2D eigenvalue weighted by Gasteiger charge is -2.43. The van der Waals surface area contributed by atoms with Gasteiger partial charge in [0.2, 0.25) is 0 Å². The second-order valence-corrected chi connectivity index (χ2v) is 8.88. The molecule has 0 radical (unpaired) electrons. The number of aliphatic hydroxyl groups is 1. The van der Waals surface area contributed by atoms with Crippen molar-refractivity contribution in [2.75, 3.05) is 0 Å². The number of rotatable bonds is 6. The fraction of sp³-hybridized carbons (Fsp3) is 0.444. The van der Waals surface area contributed by atoms with Crippen molar-refractivity contribution < 1.29 is 15.0 Å². The van der Waals surface area contributed by atoms with E-state index in [4.69, 9.17) is 5.11 Å². The Kier molecular flexibility index (Phi) is 7.34. The van der Waals surface area contributed by atoms with Crippen LogP contribution >= 0.6 is 0 Å². The Bertz CT molecular complexity index is 878. The number of hydrogen-bond donors (Lipinski definition) is 2. The summed E-state index contributed by atoms with van der Waals surface area (Å²) in [5.74, 6) is 5.60. The summed E-state index contributed by atoms with van der Waals surface area (Å²) in [5, 5.41) is 20.0. The molecular weight excluding hydrogens is 372 g/mol. The van der Waals surface area contributed by atoms with Gasteiger partial charge in [-0.2, -0.15) is 0 Å². The lowest BCUT2D eigenvalue weighted by molar-refractivity contribution is -0.131. The van der Waals surface area contributed by atoms with Crippen molar-refractivity contribution in [1.29, 1.82) is 0 Å². The van der Waals surface area contributed by atoms with E-state index in [0.717, 1.165) is 56.1 Å². The number of hydrogen-bond acceptors (Lipinski definition) is 2. The predicted octanol–water partition coefficient (Wildman–Crippen LogP) is 5.66. The molecule has 3 nitrogen and oxygen atoms in total. The second-order valence-electron chi connectivity index (χ2n) is 8.88. The predicted molar refractivity (Wildman–Crippen MR) is 121 cm³/mol. The normalized spacial score (nSPS) is 25.6. The highest BCUT2D eigenvalue weighted by molar-refractivity contribution is 5.81. The van der Waals surface area contributed by atoms with Crippen LogP contribution < -0.4 is 0 Å². The highest BCUT2D eigenvalue weighted by Gasteiger charge is 2.41. The van der Waals surface area contributed by atoms with Crippen molar-refractivity contribution in [3.63, 3.8) is 0 Å². The van der Waals surface area contributed by atoms with Crippen LogP contribution in [0, 0.1) is 22.7 Å². The number of aliphatic carboxylic acids is 1. The highest BCUT2D eigenvalue weighted by atomic mass is 16.4. The number of carboxylic acid groups (broad SMARTS) is 1. The molecule has 2 saturated carbocycles. The number of carbonyl (C=O) groups is 1. The Hall–Kier alpha value is -2.57. The van der Waals surface area contributed by atoms with Gasteiger partial charge in [-0.3, -0.25) is 0 Å². The molecule has 2 N–H and O–H groups in total. The molecule has 3 heteroatoms. The van der Waals surface area contributed by atoms with Gasteiger partial charge in [0, 0.05) is 28.9 Å². The van der Waals surface area contributed by atoms with Crippen LogP contribution in [0.4, 0.5) is 0 Å². The minimum Gasteiger partial charge on any atom is -0.478 e. The first-order chi connectivity index (χ1) is 14.4. The van der Waals surface area contributed by atoms with Crippen molar-refractivity contribution in [2.24, 2.45) is 10.8 Å². The Morgan fingerprint density at radius 1 is 1.13 bits per heavy atom. The van der Waals surface area contributed by atoms with Gasteiger partial charge >= 0.3 is 5.97 Å². The molecule has 0 saturated heterocycles. The standard InChI is InChI=1S/C27H32O3/c1-26(16-7-5-14-23(26)21-25(29)30)17-8-6-15-24(28)27(19-10-20-27)18-9-13-22-11-3-2-4-12-22/h2-4,6,8,11-12,15,17,21,24,28H,5,7,10,14,16,18-20H2,1H3,(H,29,30)/b15-6+,17-8+,23-21+/t24?,26-/m0/s1. The maximum Gasteiger partial charge on any atom is 0.328 e. The summed E-state index contributed by atoms with van der Waals surface area (Å²) in [6.45, 7) is 2.11. The Labute approximate surface area is 180 Å². The summed E-state index contributed by atoms with van der Waals surface area (Å²) in [7, 11) is 0. The van der Waals surface area contributed by atoms with Gasteiger partial charge in [-0.05, 0) is 44.2 Å². The number of aliphatic hydroxyl groups excluding tert-OH is 1. The maximum absolute atomic E-state index is 11.1. The zero-order valence-corrected chi connectivity index (χ0v) is 17.8. The lowest BCUT2D eigenvalue weighted by atomic mass is 9.63. The maximum atomic E-state index is 11.1. The molecule has 0 bridgehead atoms. The lowest BCUT2D eigenvalue weighted by Crippen LogP contribution is -2.40. The van der Waals surface area contributed by atoms with Crippen molar-refractivity contribution in [1.82, 2.24) is 0 Å². The van der Waals surface area contributed by atoms with Crippen molar-refractivity contribution in [3.05, 3.63) is 71.8 Å². The smallest absolute Gasteiger partial charge is 0.328 e. The molecule has 0 aliphatic heterocycles. The van der Waals surface area contributed by atoms with Crippen LogP contribution in [0.3, 0.4) is 0 Å². The molecule has 0 aromatic heterocycles. The highest BCUT2D eigenvalue weighted by Crippen LogP contribution is 2.47. The van der Waals surface area contributed by atoms with Gasteiger partial charge in [0.05, 0.1) is 6.10 Å². The van der Waals surface area contributed by atoms with Crippen LogP contribution in [0.5, 0.6) is 0 Å². The molecule has 1 aromatic carbocycles.